The highest BCUT2D eigenvalue weighted by Gasteiger charge is 2.31. The van der Waals surface area contributed by atoms with E-state index in [2.05, 4.69) is 222 Å². The number of hydrogen-bond donors (Lipinski definition) is 3. The third-order valence-corrected chi connectivity index (χ3v) is 11.1. The van der Waals surface area contributed by atoms with Crippen LogP contribution in [0.3, 0.4) is 0 Å². The molecule has 3 unspecified atom stereocenters. The Kier molecular flexibility index (Phi) is 8.88. The van der Waals surface area contributed by atoms with E-state index in [1.165, 1.54) is 61.3 Å². The van der Waals surface area contributed by atoms with Crippen LogP contribution in [0.15, 0.2) is 211 Å². The molecule has 268 valence electrons. The first-order valence-corrected chi connectivity index (χ1v) is 19.4. The van der Waals surface area contributed by atoms with Crippen molar-refractivity contribution < 1.29 is 5.32 Å². The predicted molar refractivity (Wildman–Crippen MR) is 230 cm³/mol. The standard InChI is InChI=1S/C52H40N4/c1-3-14-35(15-4-1)36-28-30-38(31-29-36)50-46-25-8-10-27-48(46)54-52(56-50)44-23-13-21-42(34-44)40-19-11-18-39(32-40)41-20-12-22-43(33-41)51-53-47-26-9-7-24-45(47)49(55-51)37-16-5-2-6-17-37/h1-34,49-50,52,54,56H,(H,53,55)/p+1. The maximum Gasteiger partial charge on any atom is 0.171 e. The summed E-state index contributed by atoms with van der Waals surface area (Å²) in [5.74, 6) is 0.881. The molecule has 0 bridgehead atoms. The Balaban J connectivity index is 0.933. The summed E-state index contributed by atoms with van der Waals surface area (Å²) in [6.07, 6.45) is 0.0529. The van der Waals surface area contributed by atoms with Gasteiger partial charge in [0.25, 0.3) is 0 Å². The van der Waals surface area contributed by atoms with Crippen LogP contribution in [0.1, 0.15) is 51.6 Å². The van der Waals surface area contributed by atoms with E-state index in [1.807, 2.05) is 0 Å². The fraction of sp³-hybridized carbons (Fsp3) is 0.0577. The molecular weight excluding hydrogens is 681 g/mol. The smallest absolute Gasteiger partial charge is 0.171 e. The molecule has 4 N–H and O–H groups in total. The first-order valence-electron chi connectivity index (χ1n) is 19.4. The monoisotopic (exact) mass is 721 g/mol. The highest BCUT2D eigenvalue weighted by atomic mass is 15.2. The fourth-order valence-electron chi connectivity index (χ4n) is 8.27. The summed E-state index contributed by atoms with van der Waals surface area (Å²) in [6.45, 7) is 0. The number of aliphatic imine (C=N–C) groups is 1. The molecule has 0 saturated heterocycles. The number of quaternary nitrogens is 1. The summed E-state index contributed by atoms with van der Waals surface area (Å²) in [4.78, 5) is 5.27. The van der Waals surface area contributed by atoms with Crippen molar-refractivity contribution in [3.05, 3.63) is 240 Å². The molecule has 0 amide bonds. The Morgan fingerprint density at radius 1 is 0.393 bits per heavy atom. The van der Waals surface area contributed by atoms with Gasteiger partial charge in [0.1, 0.15) is 17.6 Å². The molecule has 2 heterocycles. The second-order valence-corrected chi connectivity index (χ2v) is 14.7. The third kappa shape index (κ3) is 6.62. The molecule has 8 aromatic carbocycles. The Morgan fingerprint density at radius 3 is 1.68 bits per heavy atom. The number of para-hydroxylation sites is 2. The lowest BCUT2D eigenvalue weighted by atomic mass is 9.91. The van der Waals surface area contributed by atoms with E-state index in [9.17, 15) is 0 Å². The second kappa shape index (κ2) is 14.8. The summed E-state index contributed by atoms with van der Waals surface area (Å²) in [5, 5.41) is 10.0. The van der Waals surface area contributed by atoms with E-state index in [0.29, 0.717) is 0 Å². The molecule has 10 rings (SSSR count). The summed E-state index contributed by atoms with van der Waals surface area (Å²) >= 11 is 0. The zero-order chi connectivity index (χ0) is 37.3. The van der Waals surface area contributed by atoms with Gasteiger partial charge in [-0.05, 0) is 74.8 Å². The zero-order valence-electron chi connectivity index (χ0n) is 30.9. The first-order chi connectivity index (χ1) is 27.7. The van der Waals surface area contributed by atoms with Crippen LogP contribution in [0.4, 0.5) is 11.4 Å². The van der Waals surface area contributed by atoms with Gasteiger partial charge < -0.3 is 5.32 Å². The molecule has 0 spiro atoms. The van der Waals surface area contributed by atoms with Crippen molar-refractivity contribution in [2.75, 3.05) is 5.32 Å². The van der Waals surface area contributed by atoms with E-state index in [0.717, 1.165) is 22.6 Å². The van der Waals surface area contributed by atoms with Crippen molar-refractivity contribution in [1.82, 2.24) is 5.32 Å². The molecular formula is C52H41N4+. The number of anilines is 1. The summed E-state index contributed by atoms with van der Waals surface area (Å²) in [6, 6.07) is 74.0. The molecule has 0 aromatic heterocycles. The molecule has 2 aliphatic heterocycles. The average Bonchev–Trinajstić information content (AvgIpc) is 3.29. The van der Waals surface area contributed by atoms with Crippen molar-refractivity contribution >= 4 is 17.2 Å². The Bertz CT molecular complexity index is 2680. The van der Waals surface area contributed by atoms with Crippen LogP contribution in [-0.2, 0) is 0 Å². The average molecular weight is 722 g/mol. The lowest BCUT2D eigenvalue weighted by Crippen LogP contribution is -2.85. The number of nitrogens with two attached hydrogens (primary N) is 1. The van der Waals surface area contributed by atoms with Crippen LogP contribution in [-0.4, -0.2) is 5.84 Å². The van der Waals surface area contributed by atoms with Gasteiger partial charge in [0.15, 0.2) is 6.17 Å². The summed E-state index contributed by atoms with van der Waals surface area (Å²) in [7, 11) is 0. The zero-order valence-corrected chi connectivity index (χ0v) is 30.9. The van der Waals surface area contributed by atoms with E-state index < -0.39 is 0 Å². The van der Waals surface area contributed by atoms with Crippen molar-refractivity contribution in [2.24, 2.45) is 4.99 Å². The van der Waals surface area contributed by atoms with Crippen LogP contribution in [0, 0.1) is 0 Å². The molecule has 0 saturated carbocycles. The Labute approximate surface area is 328 Å². The highest BCUT2D eigenvalue weighted by Crippen LogP contribution is 2.37. The predicted octanol–water partition coefficient (Wildman–Crippen LogP) is 11.2. The van der Waals surface area contributed by atoms with Crippen LogP contribution >= 0.6 is 0 Å². The Morgan fingerprint density at radius 2 is 0.929 bits per heavy atom. The highest BCUT2D eigenvalue weighted by molar-refractivity contribution is 6.10. The van der Waals surface area contributed by atoms with Crippen molar-refractivity contribution in [3.63, 3.8) is 0 Å². The number of fused-ring (bicyclic) bond motifs is 2. The fourth-order valence-corrected chi connectivity index (χ4v) is 8.27. The Hall–Kier alpha value is -6.85. The van der Waals surface area contributed by atoms with Gasteiger partial charge in [-0.15, -0.1) is 0 Å². The molecule has 0 radical (unpaired) electrons. The maximum absolute atomic E-state index is 5.27. The third-order valence-electron chi connectivity index (χ3n) is 11.1. The minimum Gasteiger partial charge on any atom is -0.340 e. The van der Waals surface area contributed by atoms with E-state index in [-0.39, 0.29) is 18.2 Å². The second-order valence-electron chi connectivity index (χ2n) is 14.7. The van der Waals surface area contributed by atoms with Gasteiger partial charge in [-0.3, -0.25) is 15.6 Å². The van der Waals surface area contributed by atoms with Gasteiger partial charge in [-0.25, -0.2) is 0 Å². The first kappa shape index (κ1) is 33.7. The van der Waals surface area contributed by atoms with Gasteiger partial charge in [0, 0.05) is 27.9 Å². The van der Waals surface area contributed by atoms with Gasteiger partial charge in [-0.1, -0.05) is 176 Å². The van der Waals surface area contributed by atoms with Crippen molar-refractivity contribution in [3.8, 4) is 33.4 Å². The summed E-state index contributed by atoms with van der Waals surface area (Å²) < 4.78 is 0. The van der Waals surface area contributed by atoms with E-state index in [1.54, 1.807) is 0 Å². The van der Waals surface area contributed by atoms with Gasteiger partial charge in [-0.2, -0.15) is 0 Å². The van der Waals surface area contributed by atoms with Gasteiger partial charge in [0.2, 0.25) is 0 Å². The number of benzene rings is 8. The topological polar surface area (TPSA) is 53.0 Å². The number of hydrogen-bond acceptors (Lipinski definition) is 3. The SMILES string of the molecule is c1ccc(-c2ccc(C3NC(c4cccc(-c5cccc(-c6cccc(C7=NC(c8ccccc8)c8ccccc8N7)c6)c5)c4)[NH2+]c4ccccc43)cc2)cc1. The van der Waals surface area contributed by atoms with Crippen molar-refractivity contribution in [1.29, 1.82) is 0 Å². The van der Waals surface area contributed by atoms with Crippen LogP contribution < -0.4 is 16.0 Å². The van der Waals surface area contributed by atoms with Crippen LogP contribution in [0.2, 0.25) is 0 Å². The van der Waals surface area contributed by atoms with Crippen LogP contribution in [0.25, 0.3) is 33.4 Å². The largest absolute Gasteiger partial charge is 0.340 e. The quantitative estimate of drug-likeness (QED) is 0.144. The van der Waals surface area contributed by atoms with Gasteiger partial charge >= 0.3 is 0 Å². The van der Waals surface area contributed by atoms with Crippen LogP contribution in [0.5, 0.6) is 0 Å². The minimum absolute atomic E-state index is 0.0529. The molecule has 4 heteroatoms. The van der Waals surface area contributed by atoms with Gasteiger partial charge in [0.05, 0.1) is 6.04 Å². The normalized spacial score (nSPS) is 17.2. The lowest BCUT2D eigenvalue weighted by molar-refractivity contribution is -0.630. The lowest BCUT2D eigenvalue weighted by Gasteiger charge is -2.31. The maximum atomic E-state index is 5.27. The number of nitrogens with one attached hydrogen (secondary N) is 2. The minimum atomic E-state index is -0.0669. The number of amidine groups is 1. The van der Waals surface area contributed by atoms with E-state index in [4.69, 9.17) is 4.99 Å². The molecule has 56 heavy (non-hydrogen) atoms. The number of rotatable bonds is 7. The summed E-state index contributed by atoms with van der Waals surface area (Å²) in [5.41, 5.74) is 16.8. The molecule has 8 aromatic rings. The van der Waals surface area contributed by atoms with E-state index >= 15 is 0 Å². The molecule has 2 aliphatic rings. The number of nitrogens with zero attached hydrogens (tertiary/aromatic N) is 1. The molecule has 4 nitrogen and oxygen atoms in total. The van der Waals surface area contributed by atoms with Crippen molar-refractivity contribution in [2.45, 2.75) is 18.2 Å². The molecule has 0 aliphatic carbocycles. The molecule has 0 fully saturated rings. The molecule has 3 atom stereocenters.